The Labute approximate surface area is 203 Å². The number of amides is 1. The second kappa shape index (κ2) is 8.50. The van der Waals surface area contributed by atoms with E-state index in [9.17, 15) is 18.0 Å². The number of hydrogen-bond acceptors (Lipinski definition) is 7. The number of likely N-dealkylation sites (tertiary alicyclic amines) is 1. The minimum Gasteiger partial charge on any atom is -0.444 e. The first kappa shape index (κ1) is 23.6. The van der Waals surface area contributed by atoms with Gasteiger partial charge in [0.2, 0.25) is 0 Å². The molecular formula is C23H22F3N7O3. The van der Waals surface area contributed by atoms with Gasteiger partial charge in [-0.3, -0.25) is 4.57 Å². The van der Waals surface area contributed by atoms with Crippen LogP contribution in [0, 0.1) is 0 Å². The van der Waals surface area contributed by atoms with Crippen LogP contribution in [0.5, 0.6) is 5.75 Å². The second-order valence-corrected chi connectivity index (χ2v) is 9.32. The standard InChI is InChI=1S/C23H22F3N7O3/c1-22(2,3)36-21(34)31-10-14(11-31)19-18-17(32-12-28-29-13-32)8-9-27-20(18)33(30-19)15-4-6-16(7-5-15)35-23(24,25)26/h4-9,12-14H,10-11H2,1-3H3. The van der Waals surface area contributed by atoms with Crippen molar-refractivity contribution in [2.45, 2.75) is 38.7 Å². The summed E-state index contributed by atoms with van der Waals surface area (Å²) >= 11 is 0. The number of nitrogens with zero attached hydrogens (tertiary/aromatic N) is 7. The zero-order valence-corrected chi connectivity index (χ0v) is 19.6. The smallest absolute Gasteiger partial charge is 0.444 e. The van der Waals surface area contributed by atoms with Crippen molar-refractivity contribution in [3.05, 3.63) is 54.9 Å². The van der Waals surface area contributed by atoms with Crippen molar-refractivity contribution in [1.82, 2.24) is 34.4 Å². The molecule has 36 heavy (non-hydrogen) atoms. The molecule has 0 N–H and O–H groups in total. The number of pyridine rings is 1. The first-order valence-corrected chi connectivity index (χ1v) is 11.1. The van der Waals surface area contributed by atoms with Crippen LogP contribution < -0.4 is 4.74 Å². The molecule has 0 saturated carbocycles. The fourth-order valence-corrected chi connectivity index (χ4v) is 3.97. The van der Waals surface area contributed by atoms with Gasteiger partial charge in [-0.2, -0.15) is 5.10 Å². The molecule has 1 aromatic carbocycles. The van der Waals surface area contributed by atoms with E-state index in [-0.39, 0.29) is 11.7 Å². The normalized spacial score (nSPS) is 14.7. The maximum atomic E-state index is 12.6. The highest BCUT2D eigenvalue weighted by Crippen LogP contribution is 2.36. The number of rotatable bonds is 4. The van der Waals surface area contributed by atoms with E-state index in [1.165, 1.54) is 24.3 Å². The van der Waals surface area contributed by atoms with Crippen LogP contribution in [0.25, 0.3) is 22.4 Å². The van der Waals surface area contributed by atoms with E-state index in [1.807, 2.05) is 0 Å². The predicted octanol–water partition coefficient (Wildman–Crippen LogP) is 4.23. The van der Waals surface area contributed by atoms with Crippen LogP contribution in [0.3, 0.4) is 0 Å². The van der Waals surface area contributed by atoms with Crippen LogP contribution in [0.1, 0.15) is 32.4 Å². The number of carbonyl (C=O) groups excluding carboxylic acids is 1. The number of aromatic nitrogens is 6. The van der Waals surface area contributed by atoms with E-state index >= 15 is 0 Å². The van der Waals surface area contributed by atoms with E-state index < -0.39 is 18.1 Å². The third-order valence-electron chi connectivity index (χ3n) is 5.51. The molecule has 1 saturated heterocycles. The van der Waals surface area contributed by atoms with E-state index in [0.717, 1.165) is 11.1 Å². The summed E-state index contributed by atoms with van der Waals surface area (Å²) in [5.41, 5.74) is 1.81. The first-order valence-electron chi connectivity index (χ1n) is 11.1. The van der Waals surface area contributed by atoms with Crippen molar-refractivity contribution in [2.75, 3.05) is 13.1 Å². The Morgan fingerprint density at radius 3 is 2.31 bits per heavy atom. The van der Waals surface area contributed by atoms with Crippen molar-refractivity contribution in [2.24, 2.45) is 0 Å². The molecule has 1 amide bonds. The lowest BCUT2D eigenvalue weighted by molar-refractivity contribution is -0.274. The second-order valence-electron chi connectivity index (χ2n) is 9.32. The third-order valence-corrected chi connectivity index (χ3v) is 5.51. The van der Waals surface area contributed by atoms with Crippen molar-refractivity contribution in [1.29, 1.82) is 0 Å². The van der Waals surface area contributed by atoms with Gasteiger partial charge in [0.25, 0.3) is 0 Å². The van der Waals surface area contributed by atoms with Gasteiger partial charge >= 0.3 is 12.5 Å². The summed E-state index contributed by atoms with van der Waals surface area (Å²) in [6.45, 7) is 6.21. The number of halogens is 3. The number of fused-ring (bicyclic) bond motifs is 1. The Bertz CT molecular complexity index is 1390. The van der Waals surface area contributed by atoms with E-state index in [1.54, 1.807) is 59.8 Å². The predicted molar refractivity (Wildman–Crippen MR) is 121 cm³/mol. The van der Waals surface area contributed by atoms with E-state index in [4.69, 9.17) is 9.84 Å². The maximum Gasteiger partial charge on any atom is 0.573 e. The lowest BCUT2D eigenvalue weighted by atomic mass is 9.94. The van der Waals surface area contributed by atoms with Gasteiger partial charge in [-0.25, -0.2) is 14.5 Å². The van der Waals surface area contributed by atoms with E-state index in [2.05, 4.69) is 19.9 Å². The summed E-state index contributed by atoms with van der Waals surface area (Å²) in [5, 5.41) is 13.3. The number of hydrogen-bond donors (Lipinski definition) is 0. The van der Waals surface area contributed by atoms with E-state index in [0.29, 0.717) is 30.1 Å². The molecule has 10 nitrogen and oxygen atoms in total. The van der Waals surface area contributed by atoms with Crippen LogP contribution in [0.15, 0.2) is 49.2 Å². The van der Waals surface area contributed by atoms with Crippen LogP contribution in [0.4, 0.5) is 18.0 Å². The molecule has 1 aliphatic heterocycles. The monoisotopic (exact) mass is 501 g/mol. The van der Waals surface area contributed by atoms with Gasteiger partial charge in [-0.15, -0.1) is 23.4 Å². The van der Waals surface area contributed by atoms with Gasteiger partial charge in [0.1, 0.15) is 24.0 Å². The summed E-state index contributed by atoms with van der Waals surface area (Å²) in [4.78, 5) is 18.5. The SMILES string of the molecule is CC(C)(C)OC(=O)N1CC(c2nn(-c3ccc(OC(F)(F)F)cc3)c3nccc(-n4cnnc4)c23)C1. The number of ether oxygens (including phenoxy) is 2. The topological polar surface area (TPSA) is 100 Å². The first-order chi connectivity index (χ1) is 17.0. The highest BCUT2D eigenvalue weighted by atomic mass is 19.4. The quantitative estimate of drug-likeness (QED) is 0.413. The summed E-state index contributed by atoms with van der Waals surface area (Å²) in [5.74, 6) is -0.443. The summed E-state index contributed by atoms with van der Waals surface area (Å²) in [7, 11) is 0. The zero-order valence-electron chi connectivity index (χ0n) is 19.6. The summed E-state index contributed by atoms with van der Waals surface area (Å²) < 4.78 is 50.4. The van der Waals surface area contributed by atoms with Crippen molar-refractivity contribution < 1.29 is 27.4 Å². The van der Waals surface area contributed by atoms with Crippen molar-refractivity contribution in [3.63, 3.8) is 0 Å². The molecule has 4 heterocycles. The summed E-state index contributed by atoms with van der Waals surface area (Å²) in [6.07, 6.45) is -0.485. The number of benzene rings is 1. The van der Waals surface area contributed by atoms with Crippen LogP contribution >= 0.6 is 0 Å². The highest BCUT2D eigenvalue weighted by molar-refractivity contribution is 5.89. The number of alkyl halides is 3. The van der Waals surface area contributed by atoms with Gasteiger partial charge in [-0.05, 0) is 51.1 Å². The fraction of sp³-hybridized carbons (Fsp3) is 0.348. The Morgan fingerprint density at radius 1 is 1.03 bits per heavy atom. The van der Waals surface area contributed by atoms with Gasteiger partial charge in [-0.1, -0.05) is 0 Å². The zero-order chi connectivity index (χ0) is 25.7. The Hall–Kier alpha value is -4.16. The van der Waals surface area contributed by atoms with Gasteiger partial charge in [0, 0.05) is 25.2 Å². The largest absolute Gasteiger partial charge is 0.573 e. The fourth-order valence-electron chi connectivity index (χ4n) is 3.97. The molecule has 0 unspecified atom stereocenters. The van der Waals surface area contributed by atoms with Crippen molar-refractivity contribution >= 4 is 17.1 Å². The minimum atomic E-state index is -4.79. The molecule has 1 fully saturated rings. The Morgan fingerprint density at radius 2 is 1.69 bits per heavy atom. The Balaban J connectivity index is 1.53. The molecule has 4 aromatic rings. The molecule has 0 bridgehead atoms. The lowest BCUT2D eigenvalue weighted by Crippen LogP contribution is -2.50. The molecular weight excluding hydrogens is 479 g/mol. The molecule has 3 aromatic heterocycles. The summed E-state index contributed by atoms with van der Waals surface area (Å²) in [6, 6.07) is 7.17. The molecule has 0 spiro atoms. The lowest BCUT2D eigenvalue weighted by Gasteiger charge is -2.39. The minimum absolute atomic E-state index is 0.103. The average molecular weight is 501 g/mol. The Kier molecular flexibility index (Phi) is 5.57. The van der Waals surface area contributed by atoms with Crippen molar-refractivity contribution in [3.8, 4) is 17.1 Å². The third kappa shape index (κ3) is 4.68. The highest BCUT2D eigenvalue weighted by Gasteiger charge is 2.38. The maximum absolute atomic E-state index is 12.6. The van der Waals surface area contributed by atoms with Crippen LogP contribution in [-0.2, 0) is 4.74 Å². The average Bonchev–Trinajstić information content (AvgIpc) is 3.40. The molecule has 0 aliphatic carbocycles. The number of carbonyl (C=O) groups is 1. The molecule has 5 rings (SSSR count). The van der Waals surface area contributed by atoms with Gasteiger partial charge in [0.15, 0.2) is 5.65 Å². The molecule has 188 valence electrons. The van der Waals surface area contributed by atoms with Crippen LogP contribution in [0.2, 0.25) is 0 Å². The molecule has 0 radical (unpaired) electrons. The van der Waals surface area contributed by atoms with Gasteiger partial charge in [0.05, 0.1) is 22.5 Å². The molecule has 0 atom stereocenters. The molecule has 1 aliphatic rings. The molecule has 13 heteroatoms. The van der Waals surface area contributed by atoms with Crippen LogP contribution in [-0.4, -0.2) is 65.6 Å². The van der Waals surface area contributed by atoms with Gasteiger partial charge < -0.3 is 14.4 Å².